The normalized spacial score (nSPS) is 10.5. The smallest absolute Gasteiger partial charge is 0.338 e. The molecule has 0 aliphatic rings. The van der Waals surface area contributed by atoms with Crippen molar-refractivity contribution in [3.05, 3.63) is 66.1 Å². The summed E-state index contributed by atoms with van der Waals surface area (Å²) in [6.07, 6.45) is 1.60. The molecule has 0 bridgehead atoms. The summed E-state index contributed by atoms with van der Waals surface area (Å²) in [7, 11) is 0. The van der Waals surface area contributed by atoms with Crippen LogP contribution in [0.4, 0.5) is 4.39 Å². The highest BCUT2D eigenvalue weighted by molar-refractivity contribution is 5.88. The molecule has 0 saturated heterocycles. The number of nitrogens with zero attached hydrogens (tertiary/aromatic N) is 1. The summed E-state index contributed by atoms with van der Waals surface area (Å²) in [4.78, 5) is 14.9. The average molecular weight is 283 g/mol. The molecule has 0 atom stereocenters. The minimum Gasteiger partial charge on any atom is -0.478 e. The van der Waals surface area contributed by atoms with Crippen LogP contribution < -0.4 is 4.74 Å². The molecule has 0 saturated carbocycles. The van der Waals surface area contributed by atoms with Gasteiger partial charge in [-0.3, -0.25) is 0 Å². The number of hydrogen-bond acceptors (Lipinski definition) is 3. The first-order chi connectivity index (χ1) is 10.1. The van der Waals surface area contributed by atoms with Gasteiger partial charge in [-0.2, -0.15) is 0 Å². The standard InChI is InChI=1S/C16H10FNO3/c17-14-9-11(5-6-13(14)16(19)20)21-15-12-4-2-1-3-10(12)7-8-18-15/h1-9H,(H,19,20). The molecule has 0 fully saturated rings. The Morgan fingerprint density at radius 1 is 1.14 bits per heavy atom. The van der Waals surface area contributed by atoms with Gasteiger partial charge in [0.25, 0.3) is 0 Å². The Labute approximate surface area is 119 Å². The number of carboxylic acid groups (broad SMARTS) is 1. The fraction of sp³-hybridized carbons (Fsp3) is 0. The summed E-state index contributed by atoms with van der Waals surface area (Å²) in [5.74, 6) is -1.63. The van der Waals surface area contributed by atoms with Crippen LogP contribution >= 0.6 is 0 Å². The number of hydrogen-bond donors (Lipinski definition) is 1. The Bertz CT molecular complexity index is 827. The van der Waals surface area contributed by atoms with Gasteiger partial charge in [-0.25, -0.2) is 14.2 Å². The molecule has 0 radical (unpaired) electrons. The Kier molecular flexibility index (Phi) is 3.23. The lowest BCUT2D eigenvalue weighted by molar-refractivity contribution is 0.0692. The SMILES string of the molecule is O=C(O)c1ccc(Oc2nccc3ccccc23)cc1F. The predicted octanol–water partition coefficient (Wildman–Crippen LogP) is 3.86. The number of ether oxygens (including phenoxy) is 1. The lowest BCUT2D eigenvalue weighted by Gasteiger charge is -2.08. The van der Waals surface area contributed by atoms with Crippen LogP contribution in [0.3, 0.4) is 0 Å². The van der Waals surface area contributed by atoms with E-state index in [0.29, 0.717) is 5.88 Å². The van der Waals surface area contributed by atoms with Crippen LogP contribution in [0.2, 0.25) is 0 Å². The van der Waals surface area contributed by atoms with Crippen LogP contribution in [0.5, 0.6) is 11.6 Å². The predicted molar refractivity (Wildman–Crippen MR) is 75.2 cm³/mol. The summed E-state index contributed by atoms with van der Waals surface area (Å²) in [6.45, 7) is 0. The zero-order valence-corrected chi connectivity index (χ0v) is 10.8. The first-order valence-electron chi connectivity index (χ1n) is 6.19. The van der Waals surface area contributed by atoms with Crippen molar-refractivity contribution in [2.75, 3.05) is 0 Å². The zero-order valence-electron chi connectivity index (χ0n) is 10.8. The van der Waals surface area contributed by atoms with Crippen LogP contribution in [0, 0.1) is 5.82 Å². The molecule has 2 aromatic carbocycles. The molecule has 3 rings (SSSR count). The third-order valence-electron chi connectivity index (χ3n) is 3.02. The number of aromatic nitrogens is 1. The Hall–Kier alpha value is -2.95. The van der Waals surface area contributed by atoms with Crippen LogP contribution in [-0.2, 0) is 0 Å². The lowest BCUT2D eigenvalue weighted by Crippen LogP contribution is -2.00. The van der Waals surface area contributed by atoms with Crippen molar-refractivity contribution in [1.82, 2.24) is 4.98 Å². The van der Waals surface area contributed by atoms with Crippen LogP contribution in [0.15, 0.2) is 54.7 Å². The molecular weight excluding hydrogens is 273 g/mol. The second-order valence-electron chi connectivity index (χ2n) is 4.39. The summed E-state index contributed by atoms with van der Waals surface area (Å²) < 4.78 is 19.2. The van der Waals surface area contributed by atoms with Crippen LogP contribution in [0.25, 0.3) is 10.8 Å². The lowest BCUT2D eigenvalue weighted by atomic mass is 10.2. The van der Waals surface area contributed by atoms with Gasteiger partial charge in [0.15, 0.2) is 0 Å². The highest BCUT2D eigenvalue weighted by Gasteiger charge is 2.12. The van der Waals surface area contributed by atoms with Gasteiger partial charge in [0.2, 0.25) is 5.88 Å². The van der Waals surface area contributed by atoms with Gasteiger partial charge in [-0.15, -0.1) is 0 Å². The largest absolute Gasteiger partial charge is 0.478 e. The molecule has 1 N–H and O–H groups in total. The van der Waals surface area contributed by atoms with E-state index in [9.17, 15) is 9.18 Å². The Balaban J connectivity index is 1.99. The van der Waals surface area contributed by atoms with E-state index in [1.165, 1.54) is 6.07 Å². The number of carbonyl (C=O) groups is 1. The Morgan fingerprint density at radius 3 is 2.71 bits per heavy atom. The monoisotopic (exact) mass is 283 g/mol. The van der Waals surface area contributed by atoms with Gasteiger partial charge < -0.3 is 9.84 Å². The number of pyridine rings is 1. The van der Waals surface area contributed by atoms with Crippen molar-refractivity contribution in [1.29, 1.82) is 0 Å². The molecule has 1 aromatic heterocycles. The Morgan fingerprint density at radius 2 is 1.95 bits per heavy atom. The summed E-state index contributed by atoms with van der Waals surface area (Å²) in [5, 5.41) is 10.5. The molecule has 3 aromatic rings. The fourth-order valence-corrected chi connectivity index (χ4v) is 2.02. The number of fused-ring (bicyclic) bond motifs is 1. The van der Waals surface area contributed by atoms with E-state index in [1.54, 1.807) is 6.20 Å². The van der Waals surface area contributed by atoms with E-state index in [0.717, 1.165) is 22.9 Å². The van der Waals surface area contributed by atoms with Crippen molar-refractivity contribution in [3.8, 4) is 11.6 Å². The fourth-order valence-electron chi connectivity index (χ4n) is 2.02. The molecule has 0 spiro atoms. The highest BCUT2D eigenvalue weighted by Crippen LogP contribution is 2.28. The van der Waals surface area contributed by atoms with Gasteiger partial charge in [0, 0.05) is 17.6 Å². The molecule has 0 unspecified atom stereocenters. The van der Waals surface area contributed by atoms with E-state index in [1.807, 2.05) is 30.3 Å². The maximum atomic E-state index is 13.6. The molecule has 21 heavy (non-hydrogen) atoms. The molecule has 0 aliphatic heterocycles. The van der Waals surface area contributed by atoms with E-state index in [2.05, 4.69) is 4.98 Å². The number of benzene rings is 2. The molecule has 5 heteroatoms. The third-order valence-corrected chi connectivity index (χ3v) is 3.02. The maximum Gasteiger partial charge on any atom is 0.338 e. The summed E-state index contributed by atoms with van der Waals surface area (Å²) >= 11 is 0. The van der Waals surface area contributed by atoms with Gasteiger partial charge >= 0.3 is 5.97 Å². The second-order valence-corrected chi connectivity index (χ2v) is 4.39. The first kappa shape index (κ1) is 13.1. The molecular formula is C16H10FNO3. The minimum atomic E-state index is -1.32. The number of aromatic carboxylic acids is 1. The molecule has 0 amide bonds. The first-order valence-corrected chi connectivity index (χ1v) is 6.19. The van der Waals surface area contributed by atoms with Gasteiger partial charge in [0.05, 0.1) is 5.56 Å². The van der Waals surface area contributed by atoms with E-state index < -0.39 is 17.3 Å². The topological polar surface area (TPSA) is 59.4 Å². The van der Waals surface area contributed by atoms with Crippen molar-refractivity contribution >= 4 is 16.7 Å². The zero-order chi connectivity index (χ0) is 14.8. The van der Waals surface area contributed by atoms with Crippen molar-refractivity contribution < 1.29 is 19.0 Å². The quantitative estimate of drug-likeness (QED) is 0.792. The van der Waals surface area contributed by atoms with E-state index in [4.69, 9.17) is 9.84 Å². The van der Waals surface area contributed by atoms with Gasteiger partial charge in [0.1, 0.15) is 11.6 Å². The number of carboxylic acids is 1. The van der Waals surface area contributed by atoms with Crippen molar-refractivity contribution in [2.24, 2.45) is 0 Å². The minimum absolute atomic E-state index is 0.196. The molecule has 104 valence electrons. The van der Waals surface area contributed by atoms with Crippen LogP contribution in [-0.4, -0.2) is 16.1 Å². The molecule has 4 nitrogen and oxygen atoms in total. The highest BCUT2D eigenvalue weighted by atomic mass is 19.1. The maximum absolute atomic E-state index is 13.6. The summed E-state index contributed by atoms with van der Waals surface area (Å²) in [6, 6.07) is 13.0. The molecule has 1 heterocycles. The number of rotatable bonds is 3. The molecule has 0 aliphatic carbocycles. The second kappa shape index (κ2) is 5.20. The van der Waals surface area contributed by atoms with E-state index in [-0.39, 0.29) is 5.75 Å². The third kappa shape index (κ3) is 2.53. The van der Waals surface area contributed by atoms with Gasteiger partial charge in [-0.05, 0) is 29.7 Å². The van der Waals surface area contributed by atoms with E-state index >= 15 is 0 Å². The van der Waals surface area contributed by atoms with Crippen molar-refractivity contribution in [3.63, 3.8) is 0 Å². The summed E-state index contributed by atoms with van der Waals surface area (Å²) in [5.41, 5.74) is -0.395. The van der Waals surface area contributed by atoms with Crippen molar-refractivity contribution in [2.45, 2.75) is 0 Å². The number of halogens is 1. The average Bonchev–Trinajstić information content (AvgIpc) is 2.47. The van der Waals surface area contributed by atoms with Gasteiger partial charge in [-0.1, -0.05) is 18.2 Å². The van der Waals surface area contributed by atoms with Crippen LogP contribution in [0.1, 0.15) is 10.4 Å².